The highest BCUT2D eigenvalue weighted by Gasteiger charge is 2.50. The number of imide groups is 2. The van der Waals surface area contributed by atoms with Crippen LogP contribution in [0.4, 0.5) is 4.79 Å². The summed E-state index contributed by atoms with van der Waals surface area (Å²) in [6, 6.07) is 8.00. The molecule has 0 aromatic heterocycles. The van der Waals surface area contributed by atoms with Crippen LogP contribution in [-0.4, -0.2) is 29.8 Å². The molecule has 5 heteroatoms. The third-order valence-corrected chi connectivity index (χ3v) is 3.06. The molecular formula is C12H12N2O3. The van der Waals surface area contributed by atoms with Crippen molar-refractivity contribution in [1.29, 1.82) is 0 Å². The Morgan fingerprint density at radius 3 is 2.29 bits per heavy atom. The quantitative estimate of drug-likeness (QED) is 0.723. The van der Waals surface area contributed by atoms with E-state index in [0.29, 0.717) is 5.56 Å². The molecule has 0 saturated carbocycles. The van der Waals surface area contributed by atoms with Crippen molar-refractivity contribution in [1.82, 2.24) is 10.2 Å². The van der Waals surface area contributed by atoms with E-state index in [2.05, 4.69) is 5.32 Å². The van der Waals surface area contributed by atoms with E-state index in [0.717, 1.165) is 4.90 Å². The molecule has 1 aliphatic heterocycles. The molecular weight excluding hydrogens is 220 g/mol. The summed E-state index contributed by atoms with van der Waals surface area (Å²) < 4.78 is 0. The number of hydrogen-bond donors (Lipinski definition) is 1. The molecule has 2 rings (SSSR count). The van der Waals surface area contributed by atoms with Gasteiger partial charge in [0.2, 0.25) is 11.8 Å². The summed E-state index contributed by atoms with van der Waals surface area (Å²) in [5, 5.41) is 2.18. The van der Waals surface area contributed by atoms with Crippen LogP contribution in [0.1, 0.15) is 12.5 Å². The fourth-order valence-electron chi connectivity index (χ4n) is 1.86. The van der Waals surface area contributed by atoms with Gasteiger partial charge in [-0.15, -0.1) is 0 Å². The number of amides is 4. The van der Waals surface area contributed by atoms with E-state index in [1.165, 1.54) is 14.0 Å². The third-order valence-electron chi connectivity index (χ3n) is 3.06. The first kappa shape index (κ1) is 11.3. The van der Waals surface area contributed by atoms with E-state index in [-0.39, 0.29) is 0 Å². The van der Waals surface area contributed by atoms with E-state index in [1.54, 1.807) is 30.3 Å². The molecule has 0 unspecified atom stereocenters. The maximum Gasteiger partial charge on any atom is 0.330 e. The standard InChI is InChI=1S/C12H12N2O3/c1-12(8-6-4-3-5-7-8)9(15)13-11(17)14(2)10(12)16/h3-7H,1-2H3,(H,13,15,17)/t12-/m1/s1. The number of hydrogen-bond acceptors (Lipinski definition) is 3. The summed E-state index contributed by atoms with van der Waals surface area (Å²) in [6.45, 7) is 1.52. The SMILES string of the molecule is CN1C(=O)NC(=O)[C@@](C)(c2ccccc2)C1=O. The topological polar surface area (TPSA) is 66.5 Å². The lowest BCUT2D eigenvalue weighted by molar-refractivity contribution is -0.143. The Kier molecular flexibility index (Phi) is 2.46. The van der Waals surface area contributed by atoms with Crippen LogP contribution >= 0.6 is 0 Å². The molecule has 0 spiro atoms. The number of barbiturate groups is 1. The van der Waals surface area contributed by atoms with Crippen molar-refractivity contribution in [3.8, 4) is 0 Å². The van der Waals surface area contributed by atoms with Crippen LogP contribution in [0.3, 0.4) is 0 Å². The van der Waals surface area contributed by atoms with Gasteiger partial charge in [0.25, 0.3) is 0 Å². The van der Waals surface area contributed by atoms with Gasteiger partial charge in [-0.2, -0.15) is 0 Å². The number of urea groups is 1. The molecule has 0 radical (unpaired) electrons. The molecule has 17 heavy (non-hydrogen) atoms. The summed E-state index contributed by atoms with van der Waals surface area (Å²) in [5.74, 6) is -1.10. The minimum Gasteiger partial charge on any atom is -0.276 e. The van der Waals surface area contributed by atoms with Crippen LogP contribution in [0.5, 0.6) is 0 Å². The summed E-state index contributed by atoms with van der Waals surface area (Å²) in [4.78, 5) is 36.2. The molecule has 4 amide bonds. The van der Waals surface area contributed by atoms with E-state index < -0.39 is 23.3 Å². The zero-order chi connectivity index (χ0) is 12.6. The summed E-state index contributed by atoms with van der Waals surface area (Å²) in [6.07, 6.45) is 0. The molecule has 88 valence electrons. The van der Waals surface area contributed by atoms with Gasteiger partial charge in [0.05, 0.1) is 0 Å². The zero-order valence-corrected chi connectivity index (χ0v) is 9.56. The minimum absolute atomic E-state index is 0.516. The van der Waals surface area contributed by atoms with Gasteiger partial charge in [0.1, 0.15) is 0 Å². The molecule has 1 N–H and O–H groups in total. The van der Waals surface area contributed by atoms with Gasteiger partial charge < -0.3 is 0 Å². The Labute approximate surface area is 98.4 Å². The molecule has 5 nitrogen and oxygen atoms in total. The zero-order valence-electron chi connectivity index (χ0n) is 9.56. The number of carbonyl (C=O) groups is 3. The van der Waals surface area contributed by atoms with E-state index >= 15 is 0 Å². The highest BCUT2D eigenvalue weighted by Crippen LogP contribution is 2.28. The predicted molar refractivity (Wildman–Crippen MR) is 60.1 cm³/mol. The van der Waals surface area contributed by atoms with Crippen molar-refractivity contribution in [3.05, 3.63) is 35.9 Å². The first-order chi connectivity index (χ1) is 7.98. The van der Waals surface area contributed by atoms with Gasteiger partial charge >= 0.3 is 6.03 Å². The number of likely N-dealkylation sites (N-methyl/N-ethyl adjacent to an activating group) is 1. The molecule has 1 fully saturated rings. The third kappa shape index (κ3) is 1.51. The van der Waals surface area contributed by atoms with Crippen molar-refractivity contribution >= 4 is 17.8 Å². The van der Waals surface area contributed by atoms with Crippen molar-refractivity contribution in [2.45, 2.75) is 12.3 Å². The predicted octanol–water partition coefficient (Wildman–Crippen LogP) is 0.653. The Morgan fingerprint density at radius 2 is 1.71 bits per heavy atom. The van der Waals surface area contributed by atoms with E-state index in [1.807, 2.05) is 0 Å². The molecule has 1 saturated heterocycles. The van der Waals surface area contributed by atoms with Crippen LogP contribution in [0.15, 0.2) is 30.3 Å². The average Bonchev–Trinajstić information content (AvgIpc) is 2.35. The maximum atomic E-state index is 12.1. The highest BCUT2D eigenvalue weighted by atomic mass is 16.2. The lowest BCUT2D eigenvalue weighted by Crippen LogP contribution is -2.63. The normalized spacial score (nSPS) is 24.8. The van der Waals surface area contributed by atoms with Gasteiger partial charge in [0, 0.05) is 7.05 Å². The molecule has 1 aromatic rings. The van der Waals surface area contributed by atoms with Crippen molar-refractivity contribution in [2.24, 2.45) is 0 Å². The average molecular weight is 232 g/mol. The van der Waals surface area contributed by atoms with Crippen molar-refractivity contribution in [2.75, 3.05) is 7.05 Å². The van der Waals surface area contributed by atoms with Gasteiger partial charge in [0.15, 0.2) is 5.41 Å². The van der Waals surface area contributed by atoms with Gasteiger partial charge in [-0.3, -0.25) is 19.8 Å². The minimum atomic E-state index is -1.34. The fourth-order valence-corrected chi connectivity index (χ4v) is 1.86. The maximum absolute atomic E-state index is 12.1. The Bertz CT molecular complexity index is 498. The molecule has 1 aromatic carbocycles. The second-order valence-electron chi connectivity index (χ2n) is 4.11. The van der Waals surface area contributed by atoms with Crippen LogP contribution in [0.25, 0.3) is 0 Å². The molecule has 0 bridgehead atoms. The van der Waals surface area contributed by atoms with E-state index in [9.17, 15) is 14.4 Å². The molecule has 1 atom stereocenters. The Hall–Kier alpha value is -2.17. The molecule has 0 aliphatic carbocycles. The first-order valence-corrected chi connectivity index (χ1v) is 5.17. The van der Waals surface area contributed by atoms with Crippen LogP contribution in [0.2, 0.25) is 0 Å². The molecule has 1 heterocycles. The number of carbonyl (C=O) groups excluding carboxylic acids is 3. The van der Waals surface area contributed by atoms with Crippen LogP contribution < -0.4 is 5.32 Å². The second kappa shape index (κ2) is 3.69. The van der Waals surface area contributed by atoms with Gasteiger partial charge in [-0.25, -0.2) is 4.79 Å². The lowest BCUT2D eigenvalue weighted by Gasteiger charge is -2.35. The van der Waals surface area contributed by atoms with Crippen LogP contribution in [0, 0.1) is 0 Å². The largest absolute Gasteiger partial charge is 0.330 e. The fraction of sp³-hybridized carbons (Fsp3) is 0.250. The Balaban J connectivity index is 2.52. The number of nitrogens with zero attached hydrogens (tertiary/aromatic N) is 1. The number of nitrogens with one attached hydrogen (secondary N) is 1. The second-order valence-corrected chi connectivity index (χ2v) is 4.11. The van der Waals surface area contributed by atoms with Crippen molar-refractivity contribution in [3.63, 3.8) is 0 Å². The number of benzene rings is 1. The summed E-state index contributed by atoms with van der Waals surface area (Å²) in [7, 11) is 1.35. The van der Waals surface area contributed by atoms with E-state index in [4.69, 9.17) is 0 Å². The van der Waals surface area contributed by atoms with Gasteiger partial charge in [-0.1, -0.05) is 30.3 Å². The first-order valence-electron chi connectivity index (χ1n) is 5.17. The smallest absolute Gasteiger partial charge is 0.276 e. The summed E-state index contributed by atoms with van der Waals surface area (Å²) >= 11 is 0. The van der Waals surface area contributed by atoms with Crippen molar-refractivity contribution < 1.29 is 14.4 Å². The van der Waals surface area contributed by atoms with Crippen LogP contribution in [-0.2, 0) is 15.0 Å². The lowest BCUT2D eigenvalue weighted by atomic mass is 9.79. The Morgan fingerprint density at radius 1 is 1.12 bits per heavy atom. The van der Waals surface area contributed by atoms with Gasteiger partial charge in [-0.05, 0) is 12.5 Å². The monoisotopic (exact) mass is 232 g/mol. The molecule has 1 aliphatic rings. The number of rotatable bonds is 1. The summed E-state index contributed by atoms with van der Waals surface area (Å²) in [5.41, 5.74) is -0.772. The highest BCUT2D eigenvalue weighted by molar-refractivity contribution is 6.22.